The summed E-state index contributed by atoms with van der Waals surface area (Å²) in [7, 11) is 0. The van der Waals surface area contributed by atoms with Crippen molar-refractivity contribution in [2.24, 2.45) is 23.7 Å². The fourth-order valence-corrected chi connectivity index (χ4v) is 5.07. The number of nitrogens with zero attached hydrogens (tertiary/aromatic N) is 3. The Hall–Kier alpha value is -0.900. The molecule has 4 fully saturated rings. The molecule has 4 saturated carbocycles. The lowest BCUT2D eigenvalue weighted by molar-refractivity contribution is 0.264. The van der Waals surface area contributed by atoms with Crippen LogP contribution in [0.15, 0.2) is 0 Å². The van der Waals surface area contributed by atoms with Gasteiger partial charge in [-0.2, -0.15) is 0 Å². The Balaban J connectivity index is 1.53. The summed E-state index contributed by atoms with van der Waals surface area (Å²) in [4.78, 5) is 0. The molecule has 4 aliphatic rings. The monoisotopic (exact) mass is 245 g/mol. The molecule has 4 heteroatoms. The van der Waals surface area contributed by atoms with E-state index in [1.165, 1.54) is 37.9 Å². The summed E-state index contributed by atoms with van der Waals surface area (Å²) in [6.07, 6.45) is 6.87. The van der Waals surface area contributed by atoms with Gasteiger partial charge in [0, 0.05) is 12.0 Å². The summed E-state index contributed by atoms with van der Waals surface area (Å²) in [5.74, 6) is 6.48. The van der Waals surface area contributed by atoms with Crippen LogP contribution < -0.4 is 0 Å². The first-order valence-electron chi connectivity index (χ1n) is 7.43. The van der Waals surface area contributed by atoms with Crippen molar-refractivity contribution in [3.63, 3.8) is 0 Å². The number of hydrogen-bond donors (Lipinski definition) is 1. The van der Waals surface area contributed by atoms with Gasteiger partial charge in [-0.1, -0.05) is 0 Å². The van der Waals surface area contributed by atoms with Gasteiger partial charge in [-0.25, -0.2) is 0 Å². The fraction of sp³-hybridized carbons (Fsp3) is 0.857. The van der Waals surface area contributed by atoms with E-state index in [9.17, 15) is 5.11 Å². The molecule has 0 amide bonds. The van der Waals surface area contributed by atoms with Crippen molar-refractivity contribution >= 4 is 0 Å². The number of hydrogen-bond acceptors (Lipinski definition) is 3. The predicted molar refractivity (Wildman–Crippen MR) is 64.8 cm³/mol. The average Bonchev–Trinajstić information content (AvgIpc) is 3.25. The minimum Gasteiger partial charge on any atom is -0.388 e. The van der Waals surface area contributed by atoms with Crippen LogP contribution in [0, 0.1) is 23.7 Å². The van der Waals surface area contributed by atoms with Crippen molar-refractivity contribution in [2.45, 2.75) is 50.7 Å². The molecule has 0 aromatic carbocycles. The van der Waals surface area contributed by atoms with Gasteiger partial charge < -0.3 is 9.67 Å². The van der Waals surface area contributed by atoms with E-state index in [1.807, 2.05) is 0 Å². The second-order valence-electron chi connectivity index (χ2n) is 6.75. The van der Waals surface area contributed by atoms with E-state index < -0.39 is 0 Å². The Kier molecular flexibility index (Phi) is 1.75. The van der Waals surface area contributed by atoms with E-state index in [0.717, 1.165) is 29.5 Å². The Labute approximate surface area is 106 Å². The smallest absolute Gasteiger partial charge is 0.159 e. The van der Waals surface area contributed by atoms with E-state index in [-0.39, 0.29) is 6.61 Å². The zero-order valence-electron chi connectivity index (χ0n) is 10.5. The van der Waals surface area contributed by atoms with Crippen LogP contribution in [0.1, 0.15) is 55.7 Å². The molecule has 1 aromatic heterocycles. The summed E-state index contributed by atoms with van der Waals surface area (Å²) >= 11 is 0. The zero-order valence-corrected chi connectivity index (χ0v) is 10.5. The first-order valence-corrected chi connectivity index (χ1v) is 7.43. The highest BCUT2D eigenvalue weighted by Gasteiger charge is 2.67. The lowest BCUT2D eigenvalue weighted by Crippen LogP contribution is -2.08. The first-order chi connectivity index (χ1) is 8.88. The summed E-state index contributed by atoms with van der Waals surface area (Å²) in [5.41, 5.74) is 0. The van der Waals surface area contributed by atoms with Crippen molar-refractivity contribution in [1.82, 2.24) is 14.8 Å². The van der Waals surface area contributed by atoms with Gasteiger partial charge in [0.05, 0.1) is 0 Å². The van der Waals surface area contributed by atoms with E-state index in [1.54, 1.807) is 0 Å². The highest BCUT2D eigenvalue weighted by molar-refractivity contribution is 5.26. The van der Waals surface area contributed by atoms with Crippen LogP contribution in [0.25, 0.3) is 0 Å². The van der Waals surface area contributed by atoms with Crippen molar-refractivity contribution in [1.29, 1.82) is 0 Å². The van der Waals surface area contributed by atoms with Crippen molar-refractivity contribution in [2.75, 3.05) is 0 Å². The van der Waals surface area contributed by atoms with Gasteiger partial charge in [-0.15, -0.1) is 10.2 Å². The molecule has 1 aromatic rings. The van der Waals surface area contributed by atoms with Crippen molar-refractivity contribution in [3.8, 4) is 0 Å². The topological polar surface area (TPSA) is 50.9 Å². The van der Waals surface area contributed by atoms with Gasteiger partial charge in [0.1, 0.15) is 12.4 Å². The zero-order chi connectivity index (χ0) is 11.9. The standard InChI is InChI=1S/C14H19N3O/c18-6-10-15-16-14(17(10)9-3-4-9)13-11-7-1-2-8(5-7)12(11)13/h7-9,11-13,18H,1-6H2. The van der Waals surface area contributed by atoms with Crippen LogP contribution in [0.3, 0.4) is 0 Å². The van der Waals surface area contributed by atoms with E-state index in [2.05, 4.69) is 14.8 Å². The molecule has 4 nitrogen and oxygen atoms in total. The fourth-order valence-electron chi connectivity index (χ4n) is 5.07. The Morgan fingerprint density at radius 1 is 1.06 bits per heavy atom. The molecule has 2 bridgehead atoms. The minimum atomic E-state index is 0.0401. The van der Waals surface area contributed by atoms with E-state index in [0.29, 0.717) is 12.0 Å². The Bertz CT molecular complexity index is 491. The second-order valence-corrected chi connectivity index (χ2v) is 6.75. The number of rotatable bonds is 3. The number of aliphatic hydroxyl groups is 1. The van der Waals surface area contributed by atoms with Gasteiger partial charge in [0.25, 0.3) is 0 Å². The van der Waals surface area contributed by atoms with Gasteiger partial charge >= 0.3 is 0 Å². The summed E-state index contributed by atoms with van der Waals surface area (Å²) in [6, 6.07) is 0.594. The largest absolute Gasteiger partial charge is 0.388 e. The van der Waals surface area contributed by atoms with Gasteiger partial charge in [-0.3, -0.25) is 0 Å². The molecule has 1 N–H and O–H groups in total. The summed E-state index contributed by atoms with van der Waals surface area (Å²) in [6.45, 7) is 0.0401. The highest BCUT2D eigenvalue weighted by Crippen LogP contribution is 2.73. The van der Waals surface area contributed by atoms with Crippen molar-refractivity contribution in [3.05, 3.63) is 11.6 Å². The van der Waals surface area contributed by atoms with Gasteiger partial charge in [-0.05, 0) is 55.8 Å². The average molecular weight is 245 g/mol. The van der Waals surface area contributed by atoms with Crippen LogP contribution >= 0.6 is 0 Å². The molecule has 0 radical (unpaired) electrons. The van der Waals surface area contributed by atoms with Crippen molar-refractivity contribution < 1.29 is 5.11 Å². The van der Waals surface area contributed by atoms with Crippen LogP contribution in [0.5, 0.6) is 0 Å². The maximum atomic E-state index is 9.41. The molecule has 4 atom stereocenters. The molecule has 18 heavy (non-hydrogen) atoms. The quantitative estimate of drug-likeness (QED) is 0.884. The maximum Gasteiger partial charge on any atom is 0.159 e. The third kappa shape index (κ3) is 1.11. The summed E-state index contributed by atoms with van der Waals surface area (Å²) < 4.78 is 2.28. The lowest BCUT2D eigenvalue weighted by Gasteiger charge is -2.11. The molecular formula is C14H19N3O. The minimum absolute atomic E-state index is 0.0401. The van der Waals surface area contributed by atoms with Crippen LogP contribution in [0.4, 0.5) is 0 Å². The molecule has 4 unspecified atom stereocenters. The lowest BCUT2D eigenvalue weighted by atomic mass is 10.0. The van der Waals surface area contributed by atoms with Gasteiger partial charge in [0.2, 0.25) is 0 Å². The third-order valence-electron chi connectivity index (χ3n) is 5.88. The summed E-state index contributed by atoms with van der Waals surface area (Å²) in [5, 5.41) is 18.1. The maximum absolute atomic E-state index is 9.41. The molecule has 96 valence electrons. The van der Waals surface area contributed by atoms with Crippen LogP contribution in [-0.4, -0.2) is 19.9 Å². The Morgan fingerprint density at radius 3 is 2.39 bits per heavy atom. The first kappa shape index (κ1) is 9.96. The van der Waals surface area contributed by atoms with E-state index >= 15 is 0 Å². The number of aliphatic hydroxyl groups excluding tert-OH is 1. The van der Waals surface area contributed by atoms with E-state index in [4.69, 9.17) is 0 Å². The molecule has 0 aliphatic heterocycles. The molecule has 5 rings (SSSR count). The Morgan fingerprint density at radius 2 is 1.78 bits per heavy atom. The predicted octanol–water partition coefficient (Wildman–Crippen LogP) is 1.86. The molecule has 1 heterocycles. The third-order valence-corrected chi connectivity index (χ3v) is 5.88. The van der Waals surface area contributed by atoms with Gasteiger partial charge in [0.15, 0.2) is 5.82 Å². The van der Waals surface area contributed by atoms with Crippen LogP contribution in [0.2, 0.25) is 0 Å². The molecule has 4 aliphatic carbocycles. The molecular weight excluding hydrogens is 226 g/mol. The molecule has 0 saturated heterocycles. The van der Waals surface area contributed by atoms with Crippen LogP contribution in [-0.2, 0) is 6.61 Å². The highest BCUT2D eigenvalue weighted by atomic mass is 16.3. The number of fused-ring (bicyclic) bond motifs is 5. The molecule has 0 spiro atoms. The normalized spacial score (nSPS) is 44.4. The SMILES string of the molecule is OCc1nnc(C2C3C4CCC(C4)C23)n1C1CC1. The number of aromatic nitrogens is 3. The second kappa shape index (κ2) is 3.16.